The Labute approximate surface area is 150 Å². The maximum atomic E-state index is 9.20. The molecule has 1 aliphatic rings. The van der Waals surface area contributed by atoms with Crippen molar-refractivity contribution < 1.29 is 0 Å². The summed E-state index contributed by atoms with van der Waals surface area (Å²) in [7, 11) is 0. The van der Waals surface area contributed by atoms with Crippen LogP contribution in [0.2, 0.25) is 0 Å². The number of anilines is 2. The number of nitrogens with zero attached hydrogens (tertiary/aromatic N) is 9. The van der Waals surface area contributed by atoms with Crippen molar-refractivity contribution in [3.63, 3.8) is 0 Å². The van der Waals surface area contributed by atoms with Gasteiger partial charge in [0.25, 0.3) is 0 Å². The highest BCUT2D eigenvalue weighted by Crippen LogP contribution is 2.20. The lowest BCUT2D eigenvalue weighted by Gasteiger charge is -2.36. The number of rotatable bonds is 3. The Balaban J connectivity index is 1.49. The number of aryl methyl sites for hydroxylation is 1. The minimum Gasteiger partial charge on any atom is -0.353 e. The Morgan fingerprint density at radius 3 is 2.42 bits per heavy atom. The fourth-order valence-electron chi connectivity index (χ4n) is 2.97. The molecule has 0 aromatic carbocycles. The van der Waals surface area contributed by atoms with Crippen molar-refractivity contribution in [3.05, 3.63) is 48.4 Å². The molecule has 0 N–H and O–H groups in total. The molecule has 0 spiro atoms. The SMILES string of the molecule is Cc1ccn(-c2cc(N3CCN(c4nccnc4C#N)CC3)ncn2)n1. The molecule has 4 heterocycles. The van der Waals surface area contributed by atoms with Crippen molar-refractivity contribution in [1.82, 2.24) is 29.7 Å². The molecule has 130 valence electrons. The summed E-state index contributed by atoms with van der Waals surface area (Å²) in [5.41, 5.74) is 1.30. The first-order valence-electron chi connectivity index (χ1n) is 8.30. The van der Waals surface area contributed by atoms with E-state index in [0.29, 0.717) is 11.5 Å². The van der Waals surface area contributed by atoms with Crippen LogP contribution >= 0.6 is 0 Å². The van der Waals surface area contributed by atoms with E-state index in [1.54, 1.807) is 17.2 Å². The summed E-state index contributed by atoms with van der Waals surface area (Å²) in [4.78, 5) is 21.4. The van der Waals surface area contributed by atoms with E-state index in [0.717, 1.165) is 43.5 Å². The quantitative estimate of drug-likeness (QED) is 0.691. The van der Waals surface area contributed by atoms with Crippen LogP contribution < -0.4 is 9.80 Å². The Kier molecular flexibility index (Phi) is 4.15. The van der Waals surface area contributed by atoms with E-state index >= 15 is 0 Å². The first kappa shape index (κ1) is 16.0. The zero-order valence-electron chi connectivity index (χ0n) is 14.3. The molecule has 1 saturated heterocycles. The molecule has 0 amide bonds. The summed E-state index contributed by atoms with van der Waals surface area (Å²) in [5, 5.41) is 13.6. The van der Waals surface area contributed by atoms with Gasteiger partial charge in [0.1, 0.15) is 18.2 Å². The number of piperazine rings is 1. The van der Waals surface area contributed by atoms with E-state index in [-0.39, 0.29) is 0 Å². The van der Waals surface area contributed by atoms with Crippen molar-refractivity contribution in [2.45, 2.75) is 6.92 Å². The van der Waals surface area contributed by atoms with Crippen LogP contribution in [-0.2, 0) is 0 Å². The van der Waals surface area contributed by atoms with Crippen LogP contribution in [0.1, 0.15) is 11.4 Å². The van der Waals surface area contributed by atoms with Crippen LogP contribution in [-0.4, -0.2) is 55.9 Å². The molecule has 9 heteroatoms. The zero-order chi connectivity index (χ0) is 17.9. The molecule has 0 saturated carbocycles. The van der Waals surface area contributed by atoms with Gasteiger partial charge in [0.2, 0.25) is 0 Å². The molecule has 0 aliphatic carbocycles. The van der Waals surface area contributed by atoms with Gasteiger partial charge in [-0.25, -0.2) is 24.6 Å². The second kappa shape index (κ2) is 6.76. The van der Waals surface area contributed by atoms with E-state index in [4.69, 9.17) is 0 Å². The average molecular weight is 347 g/mol. The smallest absolute Gasteiger partial charge is 0.183 e. The molecule has 1 aliphatic heterocycles. The molecule has 1 fully saturated rings. The molecular weight excluding hydrogens is 330 g/mol. The largest absolute Gasteiger partial charge is 0.353 e. The summed E-state index contributed by atoms with van der Waals surface area (Å²) < 4.78 is 1.75. The first-order chi connectivity index (χ1) is 12.7. The van der Waals surface area contributed by atoms with E-state index in [9.17, 15) is 5.26 Å². The zero-order valence-corrected chi connectivity index (χ0v) is 14.3. The highest BCUT2D eigenvalue weighted by molar-refractivity contribution is 5.52. The second-order valence-electron chi connectivity index (χ2n) is 5.95. The Morgan fingerprint density at radius 1 is 0.962 bits per heavy atom. The number of hydrogen-bond acceptors (Lipinski definition) is 8. The van der Waals surface area contributed by atoms with Crippen molar-refractivity contribution in [3.8, 4) is 11.9 Å². The third-order valence-electron chi connectivity index (χ3n) is 4.28. The first-order valence-corrected chi connectivity index (χ1v) is 8.30. The molecule has 0 bridgehead atoms. The predicted octanol–water partition coefficient (Wildman–Crippen LogP) is 0.959. The van der Waals surface area contributed by atoms with Gasteiger partial charge in [0.05, 0.1) is 5.69 Å². The van der Waals surface area contributed by atoms with Gasteiger partial charge in [-0.1, -0.05) is 0 Å². The molecule has 0 unspecified atom stereocenters. The highest BCUT2D eigenvalue weighted by atomic mass is 15.3. The predicted molar refractivity (Wildman–Crippen MR) is 95.1 cm³/mol. The van der Waals surface area contributed by atoms with Crippen LogP contribution in [0.5, 0.6) is 0 Å². The van der Waals surface area contributed by atoms with Gasteiger partial charge in [0.15, 0.2) is 17.3 Å². The Hall–Kier alpha value is -3.54. The van der Waals surface area contributed by atoms with Gasteiger partial charge in [-0.3, -0.25) is 0 Å². The minimum absolute atomic E-state index is 0.360. The average Bonchev–Trinajstić information content (AvgIpc) is 3.14. The molecule has 0 radical (unpaired) electrons. The van der Waals surface area contributed by atoms with Gasteiger partial charge < -0.3 is 9.80 Å². The van der Waals surface area contributed by atoms with E-state index in [1.807, 2.05) is 25.3 Å². The molecule has 26 heavy (non-hydrogen) atoms. The fourth-order valence-corrected chi connectivity index (χ4v) is 2.97. The fraction of sp³-hybridized carbons (Fsp3) is 0.294. The lowest BCUT2D eigenvalue weighted by Crippen LogP contribution is -2.47. The van der Waals surface area contributed by atoms with Gasteiger partial charge in [-0.05, 0) is 13.0 Å². The van der Waals surface area contributed by atoms with Gasteiger partial charge >= 0.3 is 0 Å². The number of nitriles is 1. The van der Waals surface area contributed by atoms with Crippen LogP contribution in [0.4, 0.5) is 11.6 Å². The Bertz CT molecular complexity index is 951. The molecular formula is C17H17N9. The highest BCUT2D eigenvalue weighted by Gasteiger charge is 2.22. The monoisotopic (exact) mass is 347 g/mol. The maximum absolute atomic E-state index is 9.20. The minimum atomic E-state index is 0.360. The standard InChI is InChI=1S/C17H17N9/c1-13-2-5-26(23-13)16-10-15(21-12-22-16)24-6-8-25(9-7-24)17-14(11-18)19-3-4-20-17/h2-5,10,12H,6-9H2,1H3. The van der Waals surface area contributed by atoms with Gasteiger partial charge in [0, 0.05) is 50.8 Å². The summed E-state index contributed by atoms with van der Waals surface area (Å²) in [5.74, 6) is 2.25. The van der Waals surface area contributed by atoms with Crippen LogP contribution in [0.3, 0.4) is 0 Å². The topological polar surface area (TPSA) is 99.7 Å². The lowest BCUT2D eigenvalue weighted by molar-refractivity contribution is 0.638. The van der Waals surface area contributed by atoms with Crippen molar-refractivity contribution in [1.29, 1.82) is 5.26 Å². The molecule has 4 rings (SSSR count). The third kappa shape index (κ3) is 3.04. The number of hydrogen-bond donors (Lipinski definition) is 0. The molecule has 3 aromatic rings. The van der Waals surface area contributed by atoms with Crippen molar-refractivity contribution in [2.75, 3.05) is 36.0 Å². The third-order valence-corrected chi connectivity index (χ3v) is 4.28. The van der Waals surface area contributed by atoms with E-state index in [2.05, 4.69) is 40.9 Å². The normalized spacial score (nSPS) is 14.3. The second-order valence-corrected chi connectivity index (χ2v) is 5.95. The Morgan fingerprint density at radius 2 is 1.69 bits per heavy atom. The maximum Gasteiger partial charge on any atom is 0.183 e. The summed E-state index contributed by atoms with van der Waals surface area (Å²) in [6, 6.07) is 5.98. The molecule has 0 atom stereocenters. The summed E-state index contributed by atoms with van der Waals surface area (Å²) in [6.07, 6.45) is 6.60. The van der Waals surface area contributed by atoms with E-state index in [1.165, 1.54) is 6.20 Å². The van der Waals surface area contributed by atoms with E-state index < -0.39 is 0 Å². The van der Waals surface area contributed by atoms with Crippen molar-refractivity contribution in [2.24, 2.45) is 0 Å². The summed E-state index contributed by atoms with van der Waals surface area (Å²) >= 11 is 0. The van der Waals surface area contributed by atoms with Gasteiger partial charge in [-0.15, -0.1) is 0 Å². The number of aromatic nitrogens is 6. The van der Waals surface area contributed by atoms with Gasteiger partial charge in [-0.2, -0.15) is 10.4 Å². The van der Waals surface area contributed by atoms with Crippen LogP contribution in [0, 0.1) is 18.3 Å². The van der Waals surface area contributed by atoms with Crippen LogP contribution in [0.15, 0.2) is 37.1 Å². The molecule has 3 aromatic heterocycles. The lowest BCUT2D eigenvalue weighted by atomic mass is 10.3. The van der Waals surface area contributed by atoms with Crippen LogP contribution in [0.25, 0.3) is 5.82 Å². The van der Waals surface area contributed by atoms with Crippen molar-refractivity contribution >= 4 is 11.6 Å². The summed E-state index contributed by atoms with van der Waals surface area (Å²) in [6.45, 7) is 4.98. The molecule has 9 nitrogen and oxygen atoms in total.